The third-order valence-electron chi connectivity index (χ3n) is 4.02. The third-order valence-corrected chi connectivity index (χ3v) is 4.02. The van der Waals surface area contributed by atoms with Gasteiger partial charge < -0.3 is 15.8 Å². The van der Waals surface area contributed by atoms with E-state index in [9.17, 15) is 0 Å². The first-order valence-corrected chi connectivity index (χ1v) is 8.27. The summed E-state index contributed by atoms with van der Waals surface area (Å²) in [4.78, 5) is 4.52. The molecule has 3 aromatic rings. The van der Waals surface area contributed by atoms with Crippen LogP contribution < -0.4 is 15.8 Å². The van der Waals surface area contributed by atoms with Gasteiger partial charge in [-0.05, 0) is 24.6 Å². The molecule has 0 saturated heterocycles. The molecule has 0 aliphatic heterocycles. The van der Waals surface area contributed by atoms with E-state index in [-0.39, 0.29) is 6.04 Å². The van der Waals surface area contributed by atoms with Crippen molar-refractivity contribution >= 4 is 5.69 Å². The monoisotopic (exact) mass is 337 g/mol. The zero-order valence-electron chi connectivity index (χ0n) is 14.5. The van der Waals surface area contributed by atoms with Crippen molar-refractivity contribution in [3.05, 3.63) is 71.3 Å². The van der Waals surface area contributed by atoms with Crippen molar-refractivity contribution in [1.29, 1.82) is 0 Å². The fourth-order valence-corrected chi connectivity index (χ4v) is 2.54. The van der Waals surface area contributed by atoms with Gasteiger partial charge in [0.1, 0.15) is 11.6 Å². The van der Waals surface area contributed by atoms with Gasteiger partial charge in [0.05, 0.1) is 13.2 Å². The number of aromatic amines is 1. The van der Waals surface area contributed by atoms with Crippen LogP contribution >= 0.6 is 0 Å². The minimum Gasteiger partial charge on any atom is -0.497 e. The number of ether oxygens (including phenoxy) is 1. The summed E-state index contributed by atoms with van der Waals surface area (Å²) in [5.74, 6) is 2.25. The number of nitrogens with zero attached hydrogens (tertiary/aromatic N) is 2. The van der Waals surface area contributed by atoms with E-state index in [0.717, 1.165) is 35.8 Å². The van der Waals surface area contributed by atoms with Crippen molar-refractivity contribution in [2.45, 2.75) is 19.4 Å². The standard InChI is InChI=1S/C19H23N5O/c1-13-6-8-14(9-7-13)18(20)19-22-17(23-24-19)10-11-21-15-4-3-5-16(12-15)25-2/h3-9,12,18,21H,10-11,20H2,1-2H3,(H,22,23,24)/t18-/m0/s1. The lowest BCUT2D eigenvalue weighted by Crippen LogP contribution is -2.13. The Kier molecular flexibility index (Phi) is 5.30. The number of rotatable bonds is 7. The highest BCUT2D eigenvalue weighted by molar-refractivity contribution is 5.48. The summed E-state index contributed by atoms with van der Waals surface area (Å²) in [7, 11) is 1.66. The number of H-pyrrole nitrogens is 1. The zero-order valence-corrected chi connectivity index (χ0v) is 14.5. The van der Waals surface area contributed by atoms with Crippen LogP contribution in [0.2, 0.25) is 0 Å². The van der Waals surface area contributed by atoms with Crippen LogP contribution in [0.25, 0.3) is 0 Å². The van der Waals surface area contributed by atoms with Crippen molar-refractivity contribution in [3.63, 3.8) is 0 Å². The van der Waals surface area contributed by atoms with Gasteiger partial charge in [-0.15, -0.1) is 0 Å². The van der Waals surface area contributed by atoms with Gasteiger partial charge in [-0.25, -0.2) is 4.98 Å². The molecule has 0 aliphatic rings. The van der Waals surface area contributed by atoms with Crippen LogP contribution in [0.15, 0.2) is 48.5 Å². The highest BCUT2D eigenvalue weighted by Gasteiger charge is 2.14. The van der Waals surface area contributed by atoms with Gasteiger partial charge >= 0.3 is 0 Å². The van der Waals surface area contributed by atoms with Crippen LogP contribution in [-0.4, -0.2) is 28.8 Å². The predicted molar refractivity (Wildman–Crippen MR) is 98.8 cm³/mol. The molecular weight excluding hydrogens is 314 g/mol. The van der Waals surface area contributed by atoms with Crippen LogP contribution in [-0.2, 0) is 6.42 Å². The van der Waals surface area contributed by atoms with Crippen LogP contribution in [0, 0.1) is 6.92 Å². The summed E-state index contributed by atoms with van der Waals surface area (Å²) < 4.78 is 5.22. The first kappa shape index (κ1) is 17.0. The lowest BCUT2D eigenvalue weighted by atomic mass is 10.1. The van der Waals surface area contributed by atoms with Crippen molar-refractivity contribution in [2.24, 2.45) is 5.73 Å². The minimum atomic E-state index is -0.322. The van der Waals surface area contributed by atoms with Crippen LogP contribution in [0.4, 0.5) is 5.69 Å². The second-order valence-corrected chi connectivity index (χ2v) is 5.94. The number of hydrogen-bond acceptors (Lipinski definition) is 5. The van der Waals surface area contributed by atoms with E-state index in [0.29, 0.717) is 5.82 Å². The van der Waals surface area contributed by atoms with E-state index in [4.69, 9.17) is 10.5 Å². The maximum Gasteiger partial charge on any atom is 0.171 e. The Morgan fingerprint density at radius 2 is 2.00 bits per heavy atom. The Balaban J connectivity index is 1.57. The fraction of sp³-hybridized carbons (Fsp3) is 0.263. The molecule has 0 fully saturated rings. The number of methoxy groups -OCH3 is 1. The van der Waals surface area contributed by atoms with Crippen molar-refractivity contribution in [1.82, 2.24) is 15.2 Å². The highest BCUT2D eigenvalue weighted by atomic mass is 16.5. The predicted octanol–water partition coefficient (Wildman–Crippen LogP) is 2.82. The van der Waals surface area contributed by atoms with Crippen LogP contribution in [0.3, 0.4) is 0 Å². The van der Waals surface area contributed by atoms with E-state index in [2.05, 4.69) is 27.4 Å². The molecule has 4 N–H and O–H groups in total. The molecule has 0 unspecified atom stereocenters. The summed E-state index contributed by atoms with van der Waals surface area (Å²) in [6.45, 7) is 2.79. The molecule has 0 saturated carbocycles. The van der Waals surface area contributed by atoms with Gasteiger partial charge in [-0.1, -0.05) is 35.9 Å². The number of aryl methyl sites for hydroxylation is 1. The maximum atomic E-state index is 6.26. The average Bonchev–Trinajstić information content (AvgIpc) is 3.11. The first-order chi connectivity index (χ1) is 12.2. The molecule has 0 aliphatic carbocycles. The highest BCUT2D eigenvalue weighted by Crippen LogP contribution is 2.18. The van der Waals surface area contributed by atoms with Crippen molar-refractivity contribution in [3.8, 4) is 5.75 Å². The molecule has 1 heterocycles. The molecule has 25 heavy (non-hydrogen) atoms. The van der Waals surface area contributed by atoms with Crippen LogP contribution in [0.1, 0.15) is 28.8 Å². The Morgan fingerprint density at radius 3 is 2.76 bits per heavy atom. The number of anilines is 1. The smallest absolute Gasteiger partial charge is 0.171 e. The molecule has 3 rings (SSSR count). The normalized spacial score (nSPS) is 12.0. The van der Waals surface area contributed by atoms with Crippen molar-refractivity contribution < 1.29 is 4.74 Å². The Bertz CT molecular complexity index is 813. The Morgan fingerprint density at radius 1 is 1.20 bits per heavy atom. The van der Waals surface area contributed by atoms with E-state index < -0.39 is 0 Å². The van der Waals surface area contributed by atoms with Crippen LogP contribution in [0.5, 0.6) is 5.75 Å². The third kappa shape index (κ3) is 4.36. The number of nitrogens with two attached hydrogens (primary N) is 1. The number of nitrogens with one attached hydrogen (secondary N) is 2. The van der Waals surface area contributed by atoms with Gasteiger partial charge in [-0.2, -0.15) is 5.10 Å². The van der Waals surface area contributed by atoms with Gasteiger partial charge in [0.2, 0.25) is 0 Å². The summed E-state index contributed by atoms with van der Waals surface area (Å²) in [5.41, 5.74) is 9.48. The number of aromatic nitrogens is 3. The lowest BCUT2D eigenvalue weighted by Gasteiger charge is -2.08. The number of benzene rings is 2. The largest absolute Gasteiger partial charge is 0.497 e. The quantitative estimate of drug-likeness (QED) is 0.617. The molecule has 0 amide bonds. The van der Waals surface area contributed by atoms with Gasteiger partial charge in [-0.3, -0.25) is 5.10 Å². The molecule has 0 radical (unpaired) electrons. The molecule has 6 heteroatoms. The SMILES string of the molecule is COc1cccc(NCCc2nc([C@@H](N)c3ccc(C)cc3)n[nH]2)c1. The Hall–Kier alpha value is -2.86. The summed E-state index contributed by atoms with van der Waals surface area (Å²) in [5, 5.41) is 10.6. The van der Waals surface area contributed by atoms with Gasteiger partial charge in [0, 0.05) is 24.7 Å². The average molecular weight is 337 g/mol. The molecule has 6 nitrogen and oxygen atoms in total. The summed E-state index contributed by atoms with van der Waals surface area (Å²) in [6.07, 6.45) is 0.727. The molecule has 2 aromatic carbocycles. The molecular formula is C19H23N5O. The number of hydrogen-bond donors (Lipinski definition) is 3. The van der Waals surface area contributed by atoms with E-state index in [1.165, 1.54) is 5.56 Å². The molecule has 0 bridgehead atoms. The molecule has 130 valence electrons. The topological polar surface area (TPSA) is 88.8 Å². The second kappa shape index (κ2) is 7.81. The van der Waals surface area contributed by atoms with Crippen molar-refractivity contribution in [2.75, 3.05) is 19.0 Å². The first-order valence-electron chi connectivity index (χ1n) is 8.27. The molecule has 1 aromatic heterocycles. The summed E-state index contributed by atoms with van der Waals surface area (Å²) in [6, 6.07) is 15.6. The molecule has 1 atom stereocenters. The lowest BCUT2D eigenvalue weighted by molar-refractivity contribution is 0.415. The van der Waals surface area contributed by atoms with E-state index in [1.54, 1.807) is 7.11 Å². The summed E-state index contributed by atoms with van der Waals surface area (Å²) >= 11 is 0. The van der Waals surface area contributed by atoms with Gasteiger partial charge in [0.15, 0.2) is 5.82 Å². The zero-order chi connectivity index (χ0) is 17.6. The minimum absolute atomic E-state index is 0.322. The maximum absolute atomic E-state index is 6.26. The van der Waals surface area contributed by atoms with E-state index in [1.807, 2.05) is 48.5 Å². The van der Waals surface area contributed by atoms with Gasteiger partial charge in [0.25, 0.3) is 0 Å². The second-order valence-electron chi connectivity index (χ2n) is 5.94. The fourth-order valence-electron chi connectivity index (χ4n) is 2.54. The van der Waals surface area contributed by atoms with E-state index >= 15 is 0 Å². The Labute approximate surface area is 147 Å². The molecule has 0 spiro atoms.